The number of rotatable bonds is 13. The number of carbonyl (C=O) groups excluding carboxylic acids is 1. The average Bonchev–Trinajstić information content (AvgIpc) is 3.19. The van der Waals surface area contributed by atoms with Gasteiger partial charge >= 0.3 is 5.97 Å². The van der Waals surface area contributed by atoms with E-state index in [1.165, 1.54) is 25.7 Å². The van der Waals surface area contributed by atoms with Crippen LogP contribution in [0.4, 0.5) is 5.69 Å². The number of ether oxygens (including phenoxy) is 2. The van der Waals surface area contributed by atoms with E-state index in [1.54, 1.807) is 7.11 Å². The van der Waals surface area contributed by atoms with Crippen molar-refractivity contribution < 1.29 is 14.3 Å². The summed E-state index contributed by atoms with van der Waals surface area (Å²) in [5, 5.41) is 3.54. The average molecular weight is 473 g/mol. The minimum Gasteiger partial charge on any atom is -0.497 e. The summed E-state index contributed by atoms with van der Waals surface area (Å²) in [5.74, 6) is 0.861. The number of methoxy groups -OCH3 is 1. The van der Waals surface area contributed by atoms with Crippen molar-refractivity contribution in [3.8, 4) is 5.75 Å². The topological polar surface area (TPSA) is 50.8 Å². The van der Waals surface area contributed by atoms with Gasteiger partial charge < -0.3 is 19.7 Å². The number of esters is 1. The van der Waals surface area contributed by atoms with E-state index in [2.05, 4.69) is 43.1 Å². The number of piperidine rings is 1. The number of hydrogen-bond donors (Lipinski definition) is 1. The SMILES string of the molecule is CCCCCCC[C@@H](CC)C(=O)O[C@]1(N(CC)c2ccc(OC)cc2)CCCC12CCNCC2. The van der Waals surface area contributed by atoms with Crippen LogP contribution in [0, 0.1) is 11.3 Å². The predicted octanol–water partition coefficient (Wildman–Crippen LogP) is 6.70. The number of hydrogen-bond acceptors (Lipinski definition) is 5. The molecule has 192 valence electrons. The second-order valence-corrected chi connectivity index (χ2v) is 10.3. The van der Waals surface area contributed by atoms with Crippen LogP contribution in [0.5, 0.6) is 5.75 Å². The van der Waals surface area contributed by atoms with Crippen molar-refractivity contribution in [2.24, 2.45) is 11.3 Å². The molecule has 1 saturated heterocycles. The van der Waals surface area contributed by atoms with Gasteiger partial charge in [0.05, 0.1) is 13.0 Å². The van der Waals surface area contributed by atoms with Crippen molar-refractivity contribution in [3.05, 3.63) is 24.3 Å². The highest BCUT2D eigenvalue weighted by atomic mass is 16.6. The Morgan fingerprint density at radius 1 is 1.00 bits per heavy atom. The van der Waals surface area contributed by atoms with Crippen LogP contribution in [0.25, 0.3) is 0 Å². The highest BCUT2D eigenvalue weighted by Crippen LogP contribution is 2.57. The first-order valence-electron chi connectivity index (χ1n) is 13.9. The molecule has 1 aliphatic carbocycles. The normalized spacial score (nSPS) is 22.5. The molecule has 3 rings (SSSR count). The minimum absolute atomic E-state index is 0.00324. The van der Waals surface area contributed by atoms with E-state index in [0.29, 0.717) is 0 Å². The van der Waals surface area contributed by atoms with Crippen LogP contribution in [0.1, 0.15) is 97.8 Å². The number of nitrogens with one attached hydrogen (secondary N) is 1. The number of nitrogens with zero attached hydrogens (tertiary/aromatic N) is 1. The molecule has 0 bridgehead atoms. The molecule has 5 nitrogen and oxygen atoms in total. The van der Waals surface area contributed by atoms with E-state index < -0.39 is 5.72 Å². The quantitative estimate of drug-likeness (QED) is 0.197. The Bertz CT molecular complexity index is 744. The van der Waals surface area contributed by atoms with E-state index in [4.69, 9.17) is 9.47 Å². The van der Waals surface area contributed by atoms with Gasteiger partial charge in [-0.25, -0.2) is 0 Å². The Morgan fingerprint density at radius 2 is 1.71 bits per heavy atom. The van der Waals surface area contributed by atoms with Crippen LogP contribution in [-0.4, -0.2) is 38.4 Å². The van der Waals surface area contributed by atoms with Gasteiger partial charge in [0.15, 0.2) is 5.72 Å². The van der Waals surface area contributed by atoms with Crippen molar-refractivity contribution in [1.82, 2.24) is 5.32 Å². The first-order valence-corrected chi connectivity index (χ1v) is 13.9. The molecule has 0 unspecified atom stereocenters. The summed E-state index contributed by atoms with van der Waals surface area (Å²) in [6.45, 7) is 9.37. The summed E-state index contributed by atoms with van der Waals surface area (Å²) in [4.78, 5) is 16.1. The zero-order chi connectivity index (χ0) is 24.4. The fourth-order valence-electron chi connectivity index (χ4n) is 6.45. The molecule has 1 aromatic rings. The Balaban J connectivity index is 1.88. The smallest absolute Gasteiger partial charge is 0.311 e. The highest BCUT2D eigenvalue weighted by Gasteiger charge is 2.61. The van der Waals surface area contributed by atoms with Crippen LogP contribution in [0.15, 0.2) is 24.3 Å². The molecular weight excluding hydrogens is 424 g/mol. The Hall–Kier alpha value is -1.75. The van der Waals surface area contributed by atoms with Gasteiger partial charge in [0.2, 0.25) is 0 Å². The van der Waals surface area contributed by atoms with Gasteiger partial charge in [-0.1, -0.05) is 46.0 Å². The Morgan fingerprint density at radius 3 is 2.32 bits per heavy atom. The Kier molecular flexibility index (Phi) is 10.1. The van der Waals surface area contributed by atoms with Gasteiger partial charge in [0, 0.05) is 24.1 Å². The van der Waals surface area contributed by atoms with Crippen LogP contribution in [0.3, 0.4) is 0 Å². The molecule has 1 spiro atoms. The third-order valence-corrected chi connectivity index (χ3v) is 8.45. The third-order valence-electron chi connectivity index (χ3n) is 8.45. The predicted molar refractivity (Wildman–Crippen MR) is 140 cm³/mol. The molecule has 1 saturated carbocycles. The maximum Gasteiger partial charge on any atom is 0.311 e. The Labute approximate surface area is 208 Å². The van der Waals surface area contributed by atoms with E-state index in [9.17, 15) is 4.79 Å². The third kappa shape index (κ3) is 5.72. The van der Waals surface area contributed by atoms with Gasteiger partial charge in [-0.15, -0.1) is 0 Å². The molecular formula is C29H48N2O3. The summed E-state index contributed by atoms with van der Waals surface area (Å²) >= 11 is 0. The number of unbranched alkanes of at least 4 members (excludes halogenated alkanes) is 4. The second kappa shape index (κ2) is 12.8. The van der Waals surface area contributed by atoms with E-state index in [-0.39, 0.29) is 17.3 Å². The molecule has 1 heterocycles. The van der Waals surface area contributed by atoms with Crippen LogP contribution < -0.4 is 15.0 Å². The minimum atomic E-state index is -0.578. The van der Waals surface area contributed by atoms with Crippen molar-refractivity contribution in [3.63, 3.8) is 0 Å². The summed E-state index contributed by atoms with van der Waals surface area (Å²) in [6.07, 6.45) is 13.2. The molecule has 0 radical (unpaired) electrons. The fraction of sp³-hybridized carbons (Fsp3) is 0.759. The van der Waals surface area contributed by atoms with Crippen molar-refractivity contribution in [2.75, 3.05) is 31.6 Å². The van der Waals surface area contributed by atoms with E-state index >= 15 is 0 Å². The van der Waals surface area contributed by atoms with Crippen LogP contribution >= 0.6 is 0 Å². The molecule has 2 fully saturated rings. The van der Waals surface area contributed by atoms with Crippen molar-refractivity contribution in [2.45, 2.75) is 104 Å². The summed E-state index contributed by atoms with van der Waals surface area (Å²) < 4.78 is 12.2. The molecule has 1 aliphatic heterocycles. The zero-order valence-corrected chi connectivity index (χ0v) is 22.2. The molecule has 0 amide bonds. The summed E-state index contributed by atoms with van der Waals surface area (Å²) in [7, 11) is 1.70. The van der Waals surface area contributed by atoms with Gasteiger partial charge in [0.1, 0.15) is 5.75 Å². The molecule has 0 aromatic heterocycles. The first-order chi connectivity index (χ1) is 16.6. The van der Waals surface area contributed by atoms with E-state index in [1.807, 2.05) is 12.1 Å². The molecule has 2 aliphatic rings. The highest BCUT2D eigenvalue weighted by molar-refractivity contribution is 5.73. The van der Waals surface area contributed by atoms with Gasteiger partial charge in [0.25, 0.3) is 0 Å². The summed E-state index contributed by atoms with van der Waals surface area (Å²) in [6, 6.07) is 8.28. The molecule has 34 heavy (non-hydrogen) atoms. The maximum absolute atomic E-state index is 13.7. The number of carbonyl (C=O) groups is 1. The van der Waals surface area contributed by atoms with Crippen LogP contribution in [-0.2, 0) is 9.53 Å². The monoisotopic (exact) mass is 472 g/mol. The standard InChI is InChI=1S/C29H48N2O3/c1-5-8-9-10-11-13-24(6-2)27(32)34-29(19-12-18-28(29)20-22-30-23-21-28)31(7-3)25-14-16-26(33-4)17-15-25/h14-17,24,30H,5-13,18-23H2,1-4H3/t24-,29-/m1/s1. The fourth-order valence-corrected chi connectivity index (χ4v) is 6.45. The first kappa shape index (κ1) is 26.8. The lowest BCUT2D eigenvalue weighted by atomic mass is 9.71. The van der Waals surface area contributed by atoms with Crippen molar-refractivity contribution >= 4 is 11.7 Å². The van der Waals surface area contributed by atoms with Gasteiger partial charge in [-0.2, -0.15) is 0 Å². The number of benzene rings is 1. The lowest BCUT2D eigenvalue weighted by Crippen LogP contribution is -2.63. The van der Waals surface area contributed by atoms with Crippen molar-refractivity contribution in [1.29, 1.82) is 0 Å². The lowest BCUT2D eigenvalue weighted by molar-refractivity contribution is -0.182. The van der Waals surface area contributed by atoms with Crippen LogP contribution in [0.2, 0.25) is 0 Å². The number of anilines is 1. The molecule has 5 heteroatoms. The zero-order valence-electron chi connectivity index (χ0n) is 22.2. The largest absolute Gasteiger partial charge is 0.497 e. The maximum atomic E-state index is 13.7. The van der Waals surface area contributed by atoms with Gasteiger partial charge in [-0.3, -0.25) is 4.79 Å². The molecule has 2 atom stereocenters. The lowest BCUT2D eigenvalue weighted by Gasteiger charge is -2.54. The van der Waals surface area contributed by atoms with Gasteiger partial charge in [-0.05, 0) is 82.8 Å². The summed E-state index contributed by atoms with van der Waals surface area (Å²) in [5.41, 5.74) is 0.539. The molecule has 1 N–H and O–H groups in total. The van der Waals surface area contributed by atoms with E-state index in [0.717, 1.165) is 82.4 Å². The second-order valence-electron chi connectivity index (χ2n) is 10.3. The molecule has 1 aromatic carbocycles.